The van der Waals surface area contributed by atoms with E-state index in [0.717, 1.165) is 11.0 Å². The number of allylic oxidation sites excluding steroid dienone is 2. The van der Waals surface area contributed by atoms with Gasteiger partial charge in [0.05, 0.1) is 19.8 Å². The molecule has 2 unspecified atom stereocenters. The first-order chi connectivity index (χ1) is 16.7. The molecule has 2 atom stereocenters. The maximum atomic E-state index is 13.3. The number of esters is 3. The second-order valence-corrected chi connectivity index (χ2v) is 9.32. The third-order valence-electron chi connectivity index (χ3n) is 5.66. The minimum Gasteiger partial charge on any atom is -0.465 e. The lowest BCUT2D eigenvalue weighted by atomic mass is 9.59. The van der Waals surface area contributed by atoms with Crippen molar-refractivity contribution in [3.05, 3.63) is 41.3 Å². The Kier molecular flexibility index (Phi) is 11.0. The summed E-state index contributed by atoms with van der Waals surface area (Å²) in [6, 6.07) is 9.03. The molecule has 0 aliphatic heterocycles. The molecule has 1 aliphatic rings. The lowest BCUT2D eigenvalue weighted by Crippen LogP contribution is -2.56. The molecule has 0 bridgehead atoms. The first kappa shape index (κ1) is 28.6. The minimum atomic E-state index is -1.94. The fourth-order valence-corrected chi connectivity index (χ4v) is 5.43. The molecule has 1 fully saturated rings. The van der Waals surface area contributed by atoms with E-state index in [4.69, 9.17) is 25.8 Å². The van der Waals surface area contributed by atoms with E-state index < -0.39 is 46.2 Å². The zero-order chi connectivity index (χ0) is 26.0. The number of rotatable bonds is 11. The van der Waals surface area contributed by atoms with Gasteiger partial charge in [0, 0.05) is 23.3 Å². The number of halogens is 1. The number of thioether (sulfide) groups is 1. The van der Waals surface area contributed by atoms with Crippen molar-refractivity contribution in [3.8, 4) is 0 Å². The van der Waals surface area contributed by atoms with E-state index in [1.165, 1.54) is 11.8 Å². The molecule has 10 heteroatoms. The summed E-state index contributed by atoms with van der Waals surface area (Å²) < 4.78 is 15.7. The van der Waals surface area contributed by atoms with Gasteiger partial charge in [-0.2, -0.15) is 0 Å². The predicted octanol–water partition coefficient (Wildman–Crippen LogP) is 4.09. The SMILES string of the molecule is CCOC(=O)C1C(=O)CCC(C(=O)OCC)(C(=O)OCC)C1C/C(=C\C(=O)Cl)Sc1ccccc1. The Hall–Kier alpha value is -2.65. The topological polar surface area (TPSA) is 113 Å². The first-order valence-electron chi connectivity index (χ1n) is 11.4. The summed E-state index contributed by atoms with van der Waals surface area (Å²) in [7, 11) is 0. The second kappa shape index (κ2) is 13.4. The minimum absolute atomic E-state index is 0.00275. The van der Waals surface area contributed by atoms with Crippen molar-refractivity contribution in [1.82, 2.24) is 0 Å². The van der Waals surface area contributed by atoms with Crippen LogP contribution in [0.1, 0.15) is 40.0 Å². The molecule has 1 aliphatic carbocycles. The Morgan fingerprint density at radius 2 is 1.57 bits per heavy atom. The van der Waals surface area contributed by atoms with Crippen molar-refractivity contribution >= 4 is 52.3 Å². The van der Waals surface area contributed by atoms with Gasteiger partial charge in [-0.1, -0.05) is 30.0 Å². The van der Waals surface area contributed by atoms with E-state index in [2.05, 4.69) is 0 Å². The summed E-state index contributed by atoms with van der Waals surface area (Å²) >= 11 is 6.84. The van der Waals surface area contributed by atoms with Gasteiger partial charge in [-0.05, 0) is 62.3 Å². The van der Waals surface area contributed by atoms with Gasteiger partial charge in [0.15, 0.2) is 5.41 Å². The summed E-state index contributed by atoms with van der Waals surface area (Å²) in [4.78, 5) is 65.6. The van der Waals surface area contributed by atoms with Crippen LogP contribution < -0.4 is 0 Å². The van der Waals surface area contributed by atoms with Crippen LogP contribution in [-0.4, -0.2) is 48.8 Å². The molecule has 0 spiro atoms. The number of ketones is 1. The summed E-state index contributed by atoms with van der Waals surface area (Å²) in [6.45, 7) is 4.73. The number of carbonyl (C=O) groups excluding carboxylic acids is 5. The van der Waals surface area contributed by atoms with E-state index in [0.29, 0.717) is 4.91 Å². The van der Waals surface area contributed by atoms with Crippen molar-refractivity contribution in [3.63, 3.8) is 0 Å². The monoisotopic (exact) mass is 524 g/mol. The number of carbonyl (C=O) groups is 5. The molecule has 35 heavy (non-hydrogen) atoms. The molecule has 2 rings (SSSR count). The molecule has 0 amide bonds. The van der Waals surface area contributed by atoms with E-state index in [1.54, 1.807) is 45.0 Å². The van der Waals surface area contributed by atoms with E-state index >= 15 is 0 Å². The van der Waals surface area contributed by atoms with Gasteiger partial charge in [-0.3, -0.25) is 24.0 Å². The number of benzene rings is 1. The normalized spacial score (nSPS) is 19.5. The Balaban J connectivity index is 2.68. The highest BCUT2D eigenvalue weighted by Crippen LogP contribution is 2.50. The molecule has 1 aromatic rings. The quantitative estimate of drug-likeness (QED) is 0.105. The van der Waals surface area contributed by atoms with Crippen LogP contribution in [0, 0.1) is 17.3 Å². The molecular formula is C25H29ClO8S. The number of Topliss-reactive ketones (excluding diaryl/α,β-unsaturated/α-hetero) is 1. The van der Waals surface area contributed by atoms with Crippen molar-refractivity contribution in [2.45, 2.75) is 44.9 Å². The van der Waals surface area contributed by atoms with Crippen LogP contribution in [0.4, 0.5) is 0 Å². The van der Waals surface area contributed by atoms with Crippen LogP contribution in [0.15, 0.2) is 46.2 Å². The Labute approximate surface area is 213 Å². The van der Waals surface area contributed by atoms with Crippen molar-refractivity contribution in [2.75, 3.05) is 19.8 Å². The highest BCUT2D eigenvalue weighted by molar-refractivity contribution is 8.03. The fraction of sp³-hybridized carbons (Fsp3) is 0.480. The lowest BCUT2D eigenvalue weighted by Gasteiger charge is -2.42. The lowest BCUT2D eigenvalue weighted by molar-refractivity contribution is -0.185. The average Bonchev–Trinajstić information content (AvgIpc) is 2.80. The van der Waals surface area contributed by atoms with Gasteiger partial charge in [0.25, 0.3) is 0 Å². The van der Waals surface area contributed by atoms with Crippen LogP contribution in [0.5, 0.6) is 0 Å². The Morgan fingerprint density at radius 3 is 2.09 bits per heavy atom. The summed E-state index contributed by atoms with van der Waals surface area (Å²) in [6.07, 6.45) is 0.589. The predicted molar refractivity (Wildman–Crippen MR) is 129 cm³/mol. The Morgan fingerprint density at radius 1 is 1.00 bits per heavy atom. The average molecular weight is 525 g/mol. The van der Waals surface area contributed by atoms with Crippen molar-refractivity contribution in [2.24, 2.45) is 17.3 Å². The summed E-state index contributed by atoms with van der Waals surface area (Å²) in [5.74, 6) is -5.71. The van der Waals surface area contributed by atoms with Crippen molar-refractivity contribution in [1.29, 1.82) is 0 Å². The smallest absolute Gasteiger partial charge is 0.323 e. The zero-order valence-electron chi connectivity index (χ0n) is 19.9. The molecule has 0 N–H and O–H groups in total. The molecular weight excluding hydrogens is 496 g/mol. The van der Waals surface area contributed by atoms with E-state index in [-0.39, 0.29) is 39.1 Å². The molecule has 0 radical (unpaired) electrons. The second-order valence-electron chi connectivity index (χ2n) is 7.75. The third-order valence-corrected chi connectivity index (χ3v) is 6.82. The van der Waals surface area contributed by atoms with Gasteiger partial charge >= 0.3 is 17.9 Å². The number of ether oxygens (including phenoxy) is 3. The maximum absolute atomic E-state index is 13.3. The van der Waals surface area contributed by atoms with Gasteiger partial charge in [0.2, 0.25) is 5.24 Å². The van der Waals surface area contributed by atoms with Crippen LogP contribution in [0.25, 0.3) is 0 Å². The molecule has 190 valence electrons. The zero-order valence-corrected chi connectivity index (χ0v) is 21.5. The number of hydrogen-bond acceptors (Lipinski definition) is 9. The van der Waals surface area contributed by atoms with Crippen LogP contribution in [0.3, 0.4) is 0 Å². The molecule has 0 heterocycles. The van der Waals surface area contributed by atoms with E-state index in [9.17, 15) is 24.0 Å². The highest BCUT2D eigenvalue weighted by atomic mass is 35.5. The molecule has 1 saturated carbocycles. The maximum Gasteiger partial charge on any atom is 0.323 e. The summed E-state index contributed by atoms with van der Waals surface area (Å²) in [5.41, 5.74) is -1.94. The first-order valence-corrected chi connectivity index (χ1v) is 12.6. The van der Waals surface area contributed by atoms with Crippen LogP contribution in [-0.2, 0) is 38.2 Å². The van der Waals surface area contributed by atoms with Gasteiger partial charge in [0.1, 0.15) is 11.7 Å². The molecule has 0 aromatic heterocycles. The summed E-state index contributed by atoms with van der Waals surface area (Å²) in [5, 5.41) is -0.781. The van der Waals surface area contributed by atoms with Gasteiger partial charge in [-0.15, -0.1) is 0 Å². The van der Waals surface area contributed by atoms with Crippen LogP contribution >= 0.6 is 23.4 Å². The van der Waals surface area contributed by atoms with Gasteiger partial charge < -0.3 is 14.2 Å². The standard InChI is InChI=1S/C25H29ClO8S/c1-4-32-22(29)21-18(14-17(15-20(26)28)35-16-10-8-7-9-11-16)25(13-12-19(21)27,23(30)33-5-2)24(31)34-6-3/h7-11,15,18,21H,4-6,12-14H2,1-3H3/b17-15+. The fourth-order valence-electron chi connectivity index (χ4n) is 4.21. The number of hydrogen-bond donors (Lipinski definition) is 0. The van der Waals surface area contributed by atoms with Gasteiger partial charge in [-0.25, -0.2) is 0 Å². The largest absolute Gasteiger partial charge is 0.465 e. The van der Waals surface area contributed by atoms with Crippen LogP contribution in [0.2, 0.25) is 0 Å². The third kappa shape index (κ3) is 6.95. The molecule has 8 nitrogen and oxygen atoms in total. The van der Waals surface area contributed by atoms with E-state index in [1.807, 2.05) is 6.07 Å². The Bertz CT molecular complexity index is 957. The highest BCUT2D eigenvalue weighted by Gasteiger charge is 2.62. The molecule has 1 aromatic carbocycles. The van der Waals surface area contributed by atoms with Crippen molar-refractivity contribution < 1.29 is 38.2 Å². The molecule has 0 saturated heterocycles.